The molecule has 1 aliphatic heterocycles. The predicted octanol–water partition coefficient (Wildman–Crippen LogP) is 4.97. The van der Waals surface area contributed by atoms with Crippen LogP contribution in [0, 0.1) is 0 Å². The molecule has 3 aromatic carbocycles. The molecule has 5 rings (SSSR count). The normalized spacial score (nSPS) is 12.9. The van der Waals surface area contributed by atoms with Crippen molar-refractivity contribution in [1.82, 2.24) is 0 Å². The van der Waals surface area contributed by atoms with Crippen LogP contribution in [-0.2, 0) is 4.79 Å². The Bertz CT molecular complexity index is 1210. The fraction of sp³-hybridized carbons (Fsp3) is 0.0455. The maximum Gasteiger partial charge on any atom is 0.248 e. The molecule has 0 saturated carbocycles. The lowest BCUT2D eigenvalue weighted by atomic mass is 10.1. The van der Waals surface area contributed by atoms with Gasteiger partial charge < -0.3 is 19.2 Å². The first-order valence-corrected chi connectivity index (χ1v) is 8.56. The Morgan fingerprint density at radius 2 is 1.74 bits per heavy atom. The zero-order chi connectivity index (χ0) is 18.2. The van der Waals surface area contributed by atoms with Crippen LogP contribution in [0.4, 0.5) is 5.69 Å². The van der Waals surface area contributed by atoms with Crippen molar-refractivity contribution in [2.45, 2.75) is 0 Å². The molecule has 2 heterocycles. The van der Waals surface area contributed by atoms with E-state index < -0.39 is 0 Å². The second-order valence-electron chi connectivity index (χ2n) is 6.24. The molecule has 4 aromatic rings. The third-order valence-electron chi connectivity index (χ3n) is 4.47. The summed E-state index contributed by atoms with van der Waals surface area (Å²) in [5, 5.41) is 4.95. The lowest BCUT2D eigenvalue weighted by molar-refractivity contribution is -0.111. The molecular weight excluding hydrogens is 342 g/mol. The van der Waals surface area contributed by atoms with Crippen molar-refractivity contribution in [2.75, 3.05) is 12.1 Å². The summed E-state index contributed by atoms with van der Waals surface area (Å²) in [6, 6.07) is 19.1. The Labute approximate surface area is 154 Å². The molecule has 0 atom stereocenters. The van der Waals surface area contributed by atoms with Crippen LogP contribution in [0.3, 0.4) is 0 Å². The summed E-state index contributed by atoms with van der Waals surface area (Å²) >= 11 is 0. The number of carbonyl (C=O) groups is 1. The van der Waals surface area contributed by atoms with Crippen LogP contribution in [0.25, 0.3) is 28.0 Å². The van der Waals surface area contributed by atoms with Crippen molar-refractivity contribution in [3.8, 4) is 11.5 Å². The molecule has 0 spiro atoms. The highest BCUT2D eigenvalue weighted by Crippen LogP contribution is 2.33. The number of benzene rings is 3. The summed E-state index contributed by atoms with van der Waals surface area (Å²) in [6.07, 6.45) is 3.22. The summed E-state index contributed by atoms with van der Waals surface area (Å²) < 4.78 is 16.5. The fourth-order valence-electron chi connectivity index (χ4n) is 3.18. The predicted molar refractivity (Wildman–Crippen MR) is 104 cm³/mol. The zero-order valence-corrected chi connectivity index (χ0v) is 14.3. The quantitative estimate of drug-likeness (QED) is 0.526. The van der Waals surface area contributed by atoms with Crippen LogP contribution in [0.1, 0.15) is 5.56 Å². The molecule has 0 saturated heterocycles. The molecule has 0 unspecified atom stereocenters. The average molecular weight is 357 g/mol. The maximum atomic E-state index is 12.2. The SMILES string of the molecule is O=C(C=Cc1ccc2c(c1)OCO2)Nc1ccc2c(c1)oc1ccccc12. The third-order valence-corrected chi connectivity index (χ3v) is 4.47. The van der Waals surface area contributed by atoms with E-state index >= 15 is 0 Å². The number of anilines is 1. The van der Waals surface area contributed by atoms with Gasteiger partial charge in [-0.15, -0.1) is 0 Å². The number of furan rings is 1. The van der Waals surface area contributed by atoms with Crippen molar-refractivity contribution in [3.63, 3.8) is 0 Å². The topological polar surface area (TPSA) is 60.7 Å². The summed E-state index contributed by atoms with van der Waals surface area (Å²) in [7, 11) is 0. The summed E-state index contributed by atoms with van der Waals surface area (Å²) in [5.74, 6) is 1.19. The fourth-order valence-corrected chi connectivity index (χ4v) is 3.18. The molecule has 0 radical (unpaired) electrons. The van der Waals surface area contributed by atoms with Crippen molar-refractivity contribution in [3.05, 3.63) is 72.3 Å². The monoisotopic (exact) mass is 357 g/mol. The van der Waals surface area contributed by atoms with Crippen molar-refractivity contribution >= 4 is 39.6 Å². The Balaban J connectivity index is 1.35. The van der Waals surface area contributed by atoms with Gasteiger partial charge in [-0.1, -0.05) is 24.3 Å². The molecule has 1 N–H and O–H groups in total. The largest absolute Gasteiger partial charge is 0.456 e. The molecule has 1 aliphatic rings. The Kier molecular flexibility index (Phi) is 3.57. The number of fused-ring (bicyclic) bond motifs is 4. The average Bonchev–Trinajstić information content (AvgIpc) is 3.29. The number of para-hydroxylation sites is 1. The van der Waals surface area contributed by atoms with E-state index in [1.54, 1.807) is 6.08 Å². The van der Waals surface area contributed by atoms with E-state index in [0.29, 0.717) is 11.4 Å². The number of carbonyl (C=O) groups excluding carboxylic acids is 1. The van der Waals surface area contributed by atoms with Crippen LogP contribution < -0.4 is 14.8 Å². The molecule has 0 bridgehead atoms. The molecule has 5 nitrogen and oxygen atoms in total. The van der Waals surface area contributed by atoms with Crippen LogP contribution in [0.15, 0.2) is 71.2 Å². The van der Waals surface area contributed by atoms with Gasteiger partial charge in [0.25, 0.3) is 0 Å². The number of hydrogen-bond acceptors (Lipinski definition) is 4. The van der Waals surface area contributed by atoms with Gasteiger partial charge in [0.15, 0.2) is 11.5 Å². The van der Waals surface area contributed by atoms with Gasteiger partial charge in [0, 0.05) is 28.6 Å². The number of ether oxygens (including phenoxy) is 2. The van der Waals surface area contributed by atoms with Gasteiger partial charge in [0.05, 0.1) is 0 Å². The van der Waals surface area contributed by atoms with E-state index in [2.05, 4.69) is 5.32 Å². The van der Waals surface area contributed by atoms with Crippen LogP contribution in [-0.4, -0.2) is 12.7 Å². The van der Waals surface area contributed by atoms with Crippen molar-refractivity contribution in [1.29, 1.82) is 0 Å². The minimum absolute atomic E-state index is 0.219. The number of nitrogens with one attached hydrogen (secondary N) is 1. The molecule has 5 heteroatoms. The van der Waals surface area contributed by atoms with Gasteiger partial charge in [-0.05, 0) is 42.0 Å². The van der Waals surface area contributed by atoms with Gasteiger partial charge in [-0.2, -0.15) is 0 Å². The second kappa shape index (κ2) is 6.21. The van der Waals surface area contributed by atoms with Crippen molar-refractivity contribution < 1.29 is 18.7 Å². The van der Waals surface area contributed by atoms with Crippen LogP contribution in [0.2, 0.25) is 0 Å². The molecule has 0 fully saturated rings. The summed E-state index contributed by atoms with van der Waals surface area (Å²) in [4.78, 5) is 12.2. The number of hydrogen-bond donors (Lipinski definition) is 1. The molecule has 1 aromatic heterocycles. The first-order chi connectivity index (χ1) is 13.3. The minimum Gasteiger partial charge on any atom is -0.456 e. The molecule has 0 aliphatic carbocycles. The first-order valence-electron chi connectivity index (χ1n) is 8.56. The molecule has 1 amide bonds. The molecular formula is C22H15NO4. The number of rotatable bonds is 3. The van der Waals surface area contributed by atoms with E-state index in [4.69, 9.17) is 13.9 Å². The minimum atomic E-state index is -0.219. The Hall–Kier alpha value is -3.73. The van der Waals surface area contributed by atoms with Crippen molar-refractivity contribution in [2.24, 2.45) is 0 Å². The van der Waals surface area contributed by atoms with Gasteiger partial charge in [0.2, 0.25) is 12.7 Å². The van der Waals surface area contributed by atoms with E-state index in [-0.39, 0.29) is 12.7 Å². The van der Waals surface area contributed by atoms with Crippen LogP contribution >= 0.6 is 0 Å². The smallest absolute Gasteiger partial charge is 0.248 e. The summed E-state index contributed by atoms with van der Waals surface area (Å²) in [5.41, 5.74) is 3.12. The second-order valence-corrected chi connectivity index (χ2v) is 6.24. The van der Waals surface area contributed by atoms with Crippen LogP contribution in [0.5, 0.6) is 11.5 Å². The van der Waals surface area contributed by atoms with Gasteiger partial charge in [-0.25, -0.2) is 0 Å². The van der Waals surface area contributed by atoms with E-state index in [1.165, 1.54) is 6.08 Å². The Morgan fingerprint density at radius 3 is 2.70 bits per heavy atom. The molecule has 132 valence electrons. The summed E-state index contributed by atoms with van der Waals surface area (Å²) in [6.45, 7) is 0.229. The Morgan fingerprint density at radius 1 is 0.889 bits per heavy atom. The van der Waals surface area contributed by atoms with E-state index in [0.717, 1.165) is 33.3 Å². The third kappa shape index (κ3) is 2.89. The standard InChI is InChI=1S/C22H15NO4/c24-22(10-6-14-5-9-19-21(11-14)26-13-25-19)23-15-7-8-17-16-3-1-2-4-18(16)27-20(17)12-15/h1-12H,13H2,(H,23,24). The maximum absolute atomic E-state index is 12.2. The van der Waals surface area contributed by atoms with E-state index in [1.807, 2.05) is 60.7 Å². The highest BCUT2D eigenvalue weighted by Gasteiger charge is 2.12. The van der Waals surface area contributed by atoms with Gasteiger partial charge in [0.1, 0.15) is 11.2 Å². The first kappa shape index (κ1) is 15.5. The highest BCUT2D eigenvalue weighted by atomic mass is 16.7. The molecule has 27 heavy (non-hydrogen) atoms. The lowest BCUT2D eigenvalue weighted by Crippen LogP contribution is -2.07. The zero-order valence-electron chi connectivity index (χ0n) is 14.3. The van der Waals surface area contributed by atoms with Gasteiger partial charge >= 0.3 is 0 Å². The van der Waals surface area contributed by atoms with E-state index in [9.17, 15) is 4.79 Å². The lowest BCUT2D eigenvalue weighted by Gasteiger charge is -2.02. The highest BCUT2D eigenvalue weighted by molar-refractivity contribution is 6.07. The number of amides is 1. The van der Waals surface area contributed by atoms with Gasteiger partial charge in [-0.3, -0.25) is 4.79 Å².